The minimum absolute atomic E-state index is 0.176. The van der Waals surface area contributed by atoms with Crippen LogP contribution in [0.5, 0.6) is 5.75 Å². The van der Waals surface area contributed by atoms with E-state index in [0.29, 0.717) is 11.3 Å². The van der Waals surface area contributed by atoms with E-state index in [4.69, 9.17) is 10.00 Å². The zero-order valence-electron chi connectivity index (χ0n) is 10.6. The Balaban J connectivity index is 2.31. The molecule has 0 fully saturated rings. The van der Waals surface area contributed by atoms with Gasteiger partial charge >= 0.3 is 0 Å². The molecule has 0 amide bonds. The first-order chi connectivity index (χ1) is 9.63. The Morgan fingerprint density at radius 1 is 0.950 bits per heavy atom. The van der Waals surface area contributed by atoms with Crippen molar-refractivity contribution >= 4 is 0 Å². The summed E-state index contributed by atoms with van der Waals surface area (Å²) in [5, 5.41) is 8.57. The number of ether oxygens (including phenoxy) is 1. The SMILES string of the molecule is COc1ccc(C#Cc2cc(F)c(C#N)c(F)c2)cc1. The van der Waals surface area contributed by atoms with Crippen LogP contribution >= 0.6 is 0 Å². The number of benzene rings is 2. The predicted molar refractivity (Wildman–Crippen MR) is 70.0 cm³/mol. The molecule has 20 heavy (non-hydrogen) atoms. The van der Waals surface area contributed by atoms with Crippen molar-refractivity contribution in [1.29, 1.82) is 5.26 Å². The summed E-state index contributed by atoms with van der Waals surface area (Å²) < 4.78 is 31.8. The summed E-state index contributed by atoms with van der Waals surface area (Å²) >= 11 is 0. The molecule has 0 atom stereocenters. The van der Waals surface area contributed by atoms with E-state index in [1.54, 1.807) is 31.4 Å². The van der Waals surface area contributed by atoms with Crippen LogP contribution in [0, 0.1) is 34.8 Å². The van der Waals surface area contributed by atoms with Gasteiger partial charge in [0.25, 0.3) is 0 Å². The Labute approximate surface area is 115 Å². The van der Waals surface area contributed by atoms with E-state index in [1.807, 2.05) is 0 Å². The van der Waals surface area contributed by atoms with Gasteiger partial charge in [-0.1, -0.05) is 11.8 Å². The molecule has 4 heteroatoms. The molecule has 98 valence electrons. The number of rotatable bonds is 1. The fourth-order valence-electron chi connectivity index (χ4n) is 1.57. The minimum atomic E-state index is -0.911. The zero-order chi connectivity index (χ0) is 14.5. The van der Waals surface area contributed by atoms with Crippen LogP contribution in [0.3, 0.4) is 0 Å². The Morgan fingerprint density at radius 3 is 2.00 bits per heavy atom. The summed E-state index contributed by atoms with van der Waals surface area (Å²) in [6, 6.07) is 10.5. The van der Waals surface area contributed by atoms with E-state index in [9.17, 15) is 8.78 Å². The number of nitrogens with zero attached hydrogens (tertiary/aromatic N) is 1. The van der Waals surface area contributed by atoms with Crippen LogP contribution in [-0.4, -0.2) is 7.11 Å². The third-order valence-corrected chi connectivity index (χ3v) is 2.60. The normalized spacial score (nSPS) is 9.30. The first-order valence-electron chi connectivity index (χ1n) is 5.69. The maximum atomic E-state index is 13.4. The van der Waals surface area contributed by atoms with Crippen molar-refractivity contribution in [3.05, 3.63) is 64.7 Å². The van der Waals surface area contributed by atoms with Gasteiger partial charge in [-0.2, -0.15) is 5.26 Å². The number of hydrogen-bond acceptors (Lipinski definition) is 2. The van der Waals surface area contributed by atoms with Gasteiger partial charge in [-0.05, 0) is 36.4 Å². The maximum absolute atomic E-state index is 13.4. The lowest BCUT2D eigenvalue weighted by molar-refractivity contribution is 0.415. The monoisotopic (exact) mass is 269 g/mol. The van der Waals surface area contributed by atoms with Crippen LogP contribution in [0.2, 0.25) is 0 Å². The van der Waals surface area contributed by atoms with E-state index in [1.165, 1.54) is 6.07 Å². The third kappa shape index (κ3) is 2.93. The molecule has 0 heterocycles. The van der Waals surface area contributed by atoms with Crippen molar-refractivity contribution < 1.29 is 13.5 Å². The maximum Gasteiger partial charge on any atom is 0.145 e. The summed E-state index contributed by atoms with van der Waals surface area (Å²) in [5.41, 5.74) is 0.269. The minimum Gasteiger partial charge on any atom is -0.497 e. The first-order valence-corrected chi connectivity index (χ1v) is 5.69. The highest BCUT2D eigenvalue weighted by atomic mass is 19.1. The number of methoxy groups -OCH3 is 1. The Hall–Kier alpha value is -2.85. The first kappa shape index (κ1) is 13.6. The van der Waals surface area contributed by atoms with E-state index >= 15 is 0 Å². The molecular weight excluding hydrogens is 260 g/mol. The second kappa shape index (κ2) is 5.86. The van der Waals surface area contributed by atoms with Gasteiger partial charge in [0.2, 0.25) is 0 Å². The Kier molecular flexibility index (Phi) is 3.98. The van der Waals surface area contributed by atoms with Gasteiger partial charge < -0.3 is 4.74 Å². The topological polar surface area (TPSA) is 33.0 Å². The molecule has 0 aliphatic rings. The molecule has 2 nitrogen and oxygen atoms in total. The quantitative estimate of drug-likeness (QED) is 0.744. The number of nitriles is 1. The molecular formula is C16H9F2NO. The second-order valence-electron chi connectivity index (χ2n) is 3.91. The van der Waals surface area contributed by atoms with Crippen molar-refractivity contribution in [2.24, 2.45) is 0 Å². The molecule has 0 spiro atoms. The zero-order valence-corrected chi connectivity index (χ0v) is 10.6. The molecule has 0 aliphatic carbocycles. The van der Waals surface area contributed by atoms with Crippen LogP contribution < -0.4 is 4.74 Å². The lowest BCUT2D eigenvalue weighted by atomic mass is 10.1. The average molecular weight is 269 g/mol. The summed E-state index contributed by atoms with van der Waals surface area (Å²) in [6.07, 6.45) is 0. The second-order valence-corrected chi connectivity index (χ2v) is 3.91. The average Bonchev–Trinajstić information content (AvgIpc) is 2.45. The van der Waals surface area contributed by atoms with Crippen LogP contribution in [0.25, 0.3) is 0 Å². The Morgan fingerprint density at radius 2 is 1.50 bits per heavy atom. The van der Waals surface area contributed by atoms with Gasteiger partial charge in [0.05, 0.1) is 7.11 Å². The van der Waals surface area contributed by atoms with Crippen molar-refractivity contribution in [2.75, 3.05) is 7.11 Å². The van der Waals surface area contributed by atoms with Gasteiger partial charge in [-0.15, -0.1) is 0 Å². The van der Waals surface area contributed by atoms with Crippen LogP contribution in [-0.2, 0) is 0 Å². The molecule has 2 aromatic carbocycles. The van der Waals surface area contributed by atoms with E-state index in [0.717, 1.165) is 12.1 Å². The molecule has 2 rings (SSSR count). The van der Waals surface area contributed by atoms with Crippen molar-refractivity contribution in [1.82, 2.24) is 0 Å². The van der Waals surface area contributed by atoms with E-state index in [-0.39, 0.29) is 5.56 Å². The highest BCUT2D eigenvalue weighted by Gasteiger charge is 2.09. The summed E-state index contributed by atoms with van der Waals surface area (Å²) in [5.74, 6) is 4.31. The fourth-order valence-corrected chi connectivity index (χ4v) is 1.57. The summed E-state index contributed by atoms with van der Waals surface area (Å²) in [6.45, 7) is 0. The molecule has 2 aromatic rings. The van der Waals surface area contributed by atoms with Crippen molar-refractivity contribution in [3.63, 3.8) is 0 Å². The molecule has 0 radical (unpaired) electrons. The Bertz CT molecular complexity index is 711. The number of hydrogen-bond donors (Lipinski definition) is 0. The van der Waals surface area contributed by atoms with Crippen molar-refractivity contribution in [2.45, 2.75) is 0 Å². The fraction of sp³-hybridized carbons (Fsp3) is 0.0625. The van der Waals surface area contributed by atoms with Crippen LogP contribution in [0.4, 0.5) is 8.78 Å². The van der Waals surface area contributed by atoms with Gasteiger partial charge in [-0.25, -0.2) is 8.78 Å². The predicted octanol–water partition coefficient (Wildman–Crippen LogP) is 3.24. The van der Waals surface area contributed by atoms with Gasteiger partial charge in [0, 0.05) is 11.1 Å². The molecule has 0 aliphatic heterocycles. The molecule has 0 bridgehead atoms. The largest absolute Gasteiger partial charge is 0.497 e. The van der Waals surface area contributed by atoms with Crippen LogP contribution in [0.1, 0.15) is 16.7 Å². The van der Waals surface area contributed by atoms with Crippen LogP contribution in [0.15, 0.2) is 36.4 Å². The summed E-state index contributed by atoms with van der Waals surface area (Å²) in [7, 11) is 1.56. The molecule has 0 aromatic heterocycles. The molecule has 0 unspecified atom stereocenters. The van der Waals surface area contributed by atoms with E-state index < -0.39 is 17.2 Å². The molecule has 0 N–H and O–H groups in total. The lowest BCUT2D eigenvalue weighted by Crippen LogP contribution is -1.91. The molecule has 0 saturated heterocycles. The van der Waals surface area contributed by atoms with Crippen molar-refractivity contribution in [3.8, 4) is 23.7 Å². The number of halogens is 2. The van der Waals surface area contributed by atoms with Gasteiger partial charge in [-0.3, -0.25) is 0 Å². The highest BCUT2D eigenvalue weighted by Crippen LogP contribution is 2.14. The lowest BCUT2D eigenvalue weighted by Gasteiger charge is -1.98. The van der Waals surface area contributed by atoms with Gasteiger partial charge in [0.15, 0.2) is 0 Å². The van der Waals surface area contributed by atoms with E-state index in [2.05, 4.69) is 11.8 Å². The molecule has 0 saturated carbocycles. The standard InChI is InChI=1S/C16H9F2NO/c1-20-13-6-4-11(5-7-13)2-3-12-8-15(17)14(10-19)16(18)9-12/h4-9H,1H3. The third-order valence-electron chi connectivity index (χ3n) is 2.60. The smallest absolute Gasteiger partial charge is 0.145 e. The van der Waals surface area contributed by atoms with Gasteiger partial charge in [0.1, 0.15) is 29.0 Å². The summed E-state index contributed by atoms with van der Waals surface area (Å²) in [4.78, 5) is 0. The highest BCUT2D eigenvalue weighted by molar-refractivity contribution is 5.46.